The van der Waals surface area contributed by atoms with Crippen molar-refractivity contribution >= 4 is 35.8 Å². The van der Waals surface area contributed by atoms with Crippen molar-refractivity contribution in [3.05, 3.63) is 35.4 Å². The molecule has 2 rings (SSSR count). The van der Waals surface area contributed by atoms with Crippen LogP contribution in [0.3, 0.4) is 0 Å². The quantitative estimate of drug-likeness (QED) is 0.449. The number of benzene rings is 1. The number of hydrogen-bond acceptors (Lipinski definition) is 2. The minimum Gasteiger partial charge on any atom is -0.354 e. The normalized spacial score (nSPS) is 14.2. The smallest absolute Gasteiger partial charge is 0.242 e. The van der Waals surface area contributed by atoms with Crippen molar-refractivity contribution < 1.29 is 4.79 Å². The molecule has 0 aromatic heterocycles. The number of carbonyl (C=O) groups excluding carboxylic acids is 1. The van der Waals surface area contributed by atoms with Gasteiger partial charge >= 0.3 is 0 Å². The molecule has 22 heavy (non-hydrogen) atoms. The van der Waals surface area contributed by atoms with Crippen LogP contribution < -0.4 is 10.6 Å². The van der Waals surface area contributed by atoms with Gasteiger partial charge in [0.25, 0.3) is 0 Å². The van der Waals surface area contributed by atoms with E-state index < -0.39 is 0 Å². The summed E-state index contributed by atoms with van der Waals surface area (Å²) < 4.78 is 0. The highest BCUT2D eigenvalue weighted by Crippen LogP contribution is 2.18. The molecule has 0 saturated carbocycles. The fraction of sp³-hybridized carbons (Fsp3) is 0.500. The minimum absolute atomic E-state index is 0. The van der Waals surface area contributed by atoms with Crippen molar-refractivity contribution in [2.45, 2.75) is 32.9 Å². The van der Waals surface area contributed by atoms with Gasteiger partial charge in [0.1, 0.15) is 0 Å². The Labute approximate surface area is 149 Å². The summed E-state index contributed by atoms with van der Waals surface area (Å²) in [7, 11) is 1.71. The zero-order valence-electron chi connectivity index (χ0n) is 13.4. The van der Waals surface area contributed by atoms with Crippen molar-refractivity contribution in [1.29, 1.82) is 0 Å². The molecule has 1 aliphatic heterocycles. The van der Waals surface area contributed by atoms with Crippen LogP contribution in [0.4, 0.5) is 0 Å². The minimum atomic E-state index is 0. The molecule has 0 spiro atoms. The van der Waals surface area contributed by atoms with Crippen molar-refractivity contribution in [3.63, 3.8) is 0 Å². The summed E-state index contributed by atoms with van der Waals surface area (Å²) in [4.78, 5) is 18.3. The average Bonchev–Trinajstić information content (AvgIpc) is 2.50. The number of guanidine groups is 1. The zero-order chi connectivity index (χ0) is 15.2. The monoisotopic (exact) mass is 416 g/mol. The van der Waals surface area contributed by atoms with E-state index in [0.29, 0.717) is 12.5 Å². The SMILES string of the molecule is CN=C(NCC(=O)N1CCc2ccccc2C1)NC(C)C.I. The lowest BCUT2D eigenvalue weighted by atomic mass is 10.00. The van der Waals surface area contributed by atoms with Gasteiger partial charge in [0.05, 0.1) is 6.54 Å². The Kier molecular flexibility index (Phi) is 7.64. The molecule has 0 unspecified atom stereocenters. The Hall–Kier alpha value is -1.31. The molecule has 6 heteroatoms. The number of halogens is 1. The lowest BCUT2D eigenvalue weighted by Crippen LogP contribution is -2.47. The summed E-state index contributed by atoms with van der Waals surface area (Å²) in [5.41, 5.74) is 2.61. The number of nitrogens with one attached hydrogen (secondary N) is 2. The second-order valence-electron chi connectivity index (χ2n) is 5.56. The van der Waals surface area contributed by atoms with Crippen LogP contribution in [-0.2, 0) is 17.8 Å². The number of nitrogens with zero attached hydrogens (tertiary/aromatic N) is 2. The van der Waals surface area contributed by atoms with E-state index in [1.165, 1.54) is 11.1 Å². The van der Waals surface area contributed by atoms with Crippen molar-refractivity contribution in [1.82, 2.24) is 15.5 Å². The molecule has 1 amide bonds. The number of hydrogen-bond donors (Lipinski definition) is 2. The number of rotatable bonds is 3. The van der Waals surface area contributed by atoms with E-state index in [1.807, 2.05) is 24.8 Å². The molecule has 1 aromatic carbocycles. The maximum atomic E-state index is 12.3. The maximum absolute atomic E-state index is 12.3. The molecule has 1 aliphatic rings. The Morgan fingerprint density at radius 1 is 1.32 bits per heavy atom. The standard InChI is InChI=1S/C16H24N4O.HI/c1-12(2)19-16(17-3)18-10-15(21)20-9-8-13-6-4-5-7-14(13)11-20;/h4-7,12H,8-11H2,1-3H3,(H2,17,18,19);1H. The van der Waals surface area contributed by atoms with Crippen LogP contribution in [0.25, 0.3) is 0 Å². The first kappa shape index (κ1) is 18.7. The molecule has 5 nitrogen and oxygen atoms in total. The molecule has 122 valence electrons. The predicted octanol–water partition coefficient (Wildman–Crippen LogP) is 1.76. The van der Waals surface area contributed by atoms with E-state index in [1.54, 1.807) is 7.05 Å². The van der Waals surface area contributed by atoms with E-state index in [4.69, 9.17) is 0 Å². The molecular formula is C16H25IN4O. The van der Waals surface area contributed by atoms with Crippen LogP contribution in [0.1, 0.15) is 25.0 Å². The molecular weight excluding hydrogens is 391 g/mol. The highest BCUT2D eigenvalue weighted by atomic mass is 127. The first-order valence-electron chi connectivity index (χ1n) is 7.42. The summed E-state index contributed by atoms with van der Waals surface area (Å²) >= 11 is 0. The zero-order valence-corrected chi connectivity index (χ0v) is 15.8. The van der Waals surface area contributed by atoms with Gasteiger partial charge in [-0.3, -0.25) is 9.79 Å². The molecule has 2 N–H and O–H groups in total. The van der Waals surface area contributed by atoms with Gasteiger partial charge in [-0.25, -0.2) is 0 Å². The summed E-state index contributed by atoms with van der Waals surface area (Å²) in [6.45, 7) is 5.84. The number of aliphatic imine (C=N–C) groups is 1. The summed E-state index contributed by atoms with van der Waals surface area (Å²) in [6.07, 6.45) is 0.931. The van der Waals surface area contributed by atoms with Crippen molar-refractivity contribution in [2.24, 2.45) is 4.99 Å². The summed E-state index contributed by atoms with van der Waals surface area (Å²) in [5.74, 6) is 0.770. The van der Waals surface area contributed by atoms with E-state index >= 15 is 0 Å². The van der Waals surface area contributed by atoms with Crippen molar-refractivity contribution in [3.8, 4) is 0 Å². The second-order valence-corrected chi connectivity index (χ2v) is 5.56. The van der Waals surface area contributed by atoms with Gasteiger partial charge in [-0.15, -0.1) is 24.0 Å². The van der Waals surface area contributed by atoms with Crippen molar-refractivity contribution in [2.75, 3.05) is 20.1 Å². The van der Waals surface area contributed by atoms with Gasteiger partial charge in [-0.2, -0.15) is 0 Å². The van der Waals surface area contributed by atoms with E-state index in [2.05, 4.69) is 33.8 Å². The maximum Gasteiger partial charge on any atom is 0.242 e. The lowest BCUT2D eigenvalue weighted by Gasteiger charge is -2.29. The summed E-state index contributed by atoms with van der Waals surface area (Å²) in [6, 6.07) is 8.61. The molecule has 0 radical (unpaired) electrons. The number of amides is 1. The third kappa shape index (κ3) is 5.15. The van der Waals surface area contributed by atoms with Crippen LogP contribution in [0.15, 0.2) is 29.3 Å². The molecule has 1 heterocycles. The Morgan fingerprint density at radius 2 is 2.00 bits per heavy atom. The van der Waals surface area contributed by atoms with E-state index in [0.717, 1.165) is 13.0 Å². The molecule has 0 aliphatic carbocycles. The van der Waals surface area contributed by atoms with Crippen LogP contribution in [-0.4, -0.2) is 42.9 Å². The predicted molar refractivity (Wildman–Crippen MR) is 101 cm³/mol. The van der Waals surface area contributed by atoms with E-state index in [9.17, 15) is 4.79 Å². The molecule has 0 bridgehead atoms. The highest BCUT2D eigenvalue weighted by molar-refractivity contribution is 14.0. The fourth-order valence-electron chi connectivity index (χ4n) is 2.45. The van der Waals surface area contributed by atoms with Crippen LogP contribution in [0.5, 0.6) is 0 Å². The van der Waals surface area contributed by atoms with Crippen LogP contribution in [0, 0.1) is 0 Å². The van der Waals surface area contributed by atoms with Crippen LogP contribution >= 0.6 is 24.0 Å². The topological polar surface area (TPSA) is 56.7 Å². The van der Waals surface area contributed by atoms with Gasteiger partial charge in [0.2, 0.25) is 5.91 Å². The largest absolute Gasteiger partial charge is 0.354 e. The van der Waals surface area contributed by atoms with Gasteiger partial charge in [0, 0.05) is 26.2 Å². The van der Waals surface area contributed by atoms with Crippen LogP contribution in [0.2, 0.25) is 0 Å². The fourth-order valence-corrected chi connectivity index (χ4v) is 2.45. The van der Waals surface area contributed by atoms with Gasteiger partial charge in [-0.05, 0) is 31.4 Å². The van der Waals surface area contributed by atoms with E-state index in [-0.39, 0.29) is 42.5 Å². The lowest BCUT2D eigenvalue weighted by molar-refractivity contribution is -0.130. The first-order valence-corrected chi connectivity index (χ1v) is 7.42. The Balaban J connectivity index is 0.00000242. The van der Waals surface area contributed by atoms with Gasteiger partial charge < -0.3 is 15.5 Å². The number of fused-ring (bicyclic) bond motifs is 1. The molecule has 1 aromatic rings. The first-order chi connectivity index (χ1) is 10.1. The van der Waals surface area contributed by atoms with Gasteiger partial charge in [0.15, 0.2) is 5.96 Å². The van der Waals surface area contributed by atoms with Gasteiger partial charge in [-0.1, -0.05) is 24.3 Å². The molecule has 0 atom stereocenters. The Bertz CT molecular complexity index is 531. The Morgan fingerprint density at radius 3 is 2.64 bits per heavy atom. The average molecular weight is 416 g/mol. The molecule has 0 saturated heterocycles. The number of carbonyl (C=O) groups is 1. The third-order valence-electron chi connectivity index (χ3n) is 3.54. The summed E-state index contributed by atoms with van der Waals surface area (Å²) in [5, 5.41) is 6.24. The molecule has 0 fully saturated rings. The second kappa shape index (κ2) is 8.97. The third-order valence-corrected chi connectivity index (χ3v) is 3.54. The highest BCUT2D eigenvalue weighted by Gasteiger charge is 2.20.